The SMILES string of the molecule is Cc1ccc(CC(Br)c2cc(Br)ccc2C)cc1. The molecule has 0 radical (unpaired) electrons. The van der Waals surface area contributed by atoms with Crippen LogP contribution >= 0.6 is 31.9 Å². The molecule has 2 heteroatoms. The van der Waals surface area contributed by atoms with Crippen LogP contribution in [0.5, 0.6) is 0 Å². The molecular formula is C16H16Br2. The van der Waals surface area contributed by atoms with Crippen molar-refractivity contribution in [1.29, 1.82) is 0 Å². The molecule has 0 amide bonds. The van der Waals surface area contributed by atoms with Crippen molar-refractivity contribution >= 4 is 31.9 Å². The maximum Gasteiger partial charge on any atom is 0.0438 e. The monoisotopic (exact) mass is 366 g/mol. The van der Waals surface area contributed by atoms with Gasteiger partial charge in [0.2, 0.25) is 0 Å². The third-order valence-electron chi connectivity index (χ3n) is 3.11. The Bertz CT molecular complexity index is 529. The molecule has 94 valence electrons. The van der Waals surface area contributed by atoms with E-state index in [1.165, 1.54) is 22.3 Å². The Balaban J connectivity index is 2.18. The van der Waals surface area contributed by atoms with E-state index in [1.54, 1.807) is 0 Å². The lowest BCUT2D eigenvalue weighted by atomic mass is 10.00. The summed E-state index contributed by atoms with van der Waals surface area (Å²) in [5, 5.41) is 0. The van der Waals surface area contributed by atoms with Gasteiger partial charge in [0, 0.05) is 9.30 Å². The molecule has 0 heterocycles. The molecule has 1 unspecified atom stereocenters. The van der Waals surface area contributed by atoms with Crippen LogP contribution in [0.25, 0.3) is 0 Å². The number of hydrogen-bond donors (Lipinski definition) is 0. The van der Waals surface area contributed by atoms with Gasteiger partial charge < -0.3 is 0 Å². The summed E-state index contributed by atoms with van der Waals surface area (Å²) in [6.45, 7) is 4.28. The van der Waals surface area contributed by atoms with Crippen molar-refractivity contribution in [3.05, 3.63) is 69.2 Å². The average molecular weight is 368 g/mol. The van der Waals surface area contributed by atoms with Crippen LogP contribution in [-0.4, -0.2) is 0 Å². The van der Waals surface area contributed by atoms with Gasteiger partial charge in [-0.25, -0.2) is 0 Å². The van der Waals surface area contributed by atoms with Gasteiger partial charge in [-0.2, -0.15) is 0 Å². The lowest BCUT2D eigenvalue weighted by molar-refractivity contribution is 0.936. The summed E-state index contributed by atoms with van der Waals surface area (Å²) in [5.41, 5.74) is 5.35. The first-order valence-electron chi connectivity index (χ1n) is 6.02. The molecule has 0 saturated carbocycles. The van der Waals surface area contributed by atoms with Crippen LogP contribution in [-0.2, 0) is 6.42 Å². The van der Waals surface area contributed by atoms with Gasteiger partial charge in [-0.3, -0.25) is 0 Å². The Morgan fingerprint density at radius 1 is 1.00 bits per heavy atom. The van der Waals surface area contributed by atoms with E-state index in [0.29, 0.717) is 4.83 Å². The van der Waals surface area contributed by atoms with Gasteiger partial charge in [0.1, 0.15) is 0 Å². The van der Waals surface area contributed by atoms with Gasteiger partial charge in [-0.05, 0) is 49.1 Å². The predicted octanol–water partition coefficient (Wildman–Crippen LogP) is 5.74. The van der Waals surface area contributed by atoms with Gasteiger partial charge in [0.25, 0.3) is 0 Å². The van der Waals surface area contributed by atoms with E-state index in [1.807, 2.05) is 0 Å². The molecule has 0 aliphatic carbocycles. The second-order valence-corrected chi connectivity index (χ2v) is 6.68. The van der Waals surface area contributed by atoms with Crippen LogP contribution in [0.4, 0.5) is 0 Å². The largest absolute Gasteiger partial charge is 0.0835 e. The van der Waals surface area contributed by atoms with E-state index in [4.69, 9.17) is 0 Å². The van der Waals surface area contributed by atoms with E-state index >= 15 is 0 Å². The highest BCUT2D eigenvalue weighted by molar-refractivity contribution is 9.10. The second-order valence-electron chi connectivity index (χ2n) is 4.66. The van der Waals surface area contributed by atoms with Crippen LogP contribution < -0.4 is 0 Å². The van der Waals surface area contributed by atoms with Gasteiger partial charge in [0.05, 0.1) is 0 Å². The number of aryl methyl sites for hydroxylation is 2. The van der Waals surface area contributed by atoms with Gasteiger partial charge in [-0.1, -0.05) is 67.8 Å². The lowest BCUT2D eigenvalue weighted by Crippen LogP contribution is -1.98. The lowest BCUT2D eigenvalue weighted by Gasteiger charge is -2.14. The molecule has 0 aliphatic rings. The molecule has 2 rings (SSSR count). The molecular weight excluding hydrogens is 352 g/mol. The molecule has 0 N–H and O–H groups in total. The molecule has 0 aliphatic heterocycles. The van der Waals surface area contributed by atoms with Gasteiger partial charge >= 0.3 is 0 Å². The minimum absolute atomic E-state index is 0.359. The zero-order chi connectivity index (χ0) is 13.1. The van der Waals surface area contributed by atoms with E-state index < -0.39 is 0 Å². The summed E-state index contributed by atoms with van der Waals surface area (Å²) in [7, 11) is 0. The zero-order valence-electron chi connectivity index (χ0n) is 10.6. The summed E-state index contributed by atoms with van der Waals surface area (Å²) < 4.78 is 1.14. The molecule has 0 spiro atoms. The van der Waals surface area contributed by atoms with Crippen LogP contribution in [0, 0.1) is 13.8 Å². The highest BCUT2D eigenvalue weighted by Crippen LogP contribution is 2.31. The van der Waals surface area contributed by atoms with E-state index in [9.17, 15) is 0 Å². The summed E-state index contributed by atoms with van der Waals surface area (Å²) in [4.78, 5) is 0.359. The maximum atomic E-state index is 3.81. The number of rotatable bonds is 3. The fourth-order valence-electron chi connectivity index (χ4n) is 1.99. The average Bonchev–Trinajstić information content (AvgIpc) is 2.35. The first kappa shape index (κ1) is 13.8. The first-order chi connectivity index (χ1) is 8.56. The van der Waals surface area contributed by atoms with E-state index in [-0.39, 0.29) is 0 Å². The predicted molar refractivity (Wildman–Crippen MR) is 85.4 cm³/mol. The van der Waals surface area contributed by atoms with E-state index in [0.717, 1.165) is 10.9 Å². The van der Waals surface area contributed by atoms with Crippen LogP contribution in [0.3, 0.4) is 0 Å². The van der Waals surface area contributed by atoms with Crippen molar-refractivity contribution in [3.63, 3.8) is 0 Å². The van der Waals surface area contributed by atoms with E-state index in [2.05, 4.69) is 88.2 Å². The normalized spacial score (nSPS) is 12.4. The summed E-state index contributed by atoms with van der Waals surface area (Å²) in [6.07, 6.45) is 1.01. The highest BCUT2D eigenvalue weighted by Gasteiger charge is 2.11. The van der Waals surface area contributed by atoms with Crippen LogP contribution in [0.2, 0.25) is 0 Å². The third-order valence-corrected chi connectivity index (χ3v) is 4.42. The van der Waals surface area contributed by atoms with Crippen LogP contribution in [0.1, 0.15) is 27.1 Å². The standard InChI is InChI=1S/C16H16Br2/c1-11-3-6-13(7-4-11)9-16(18)15-10-14(17)8-5-12(15)2/h3-8,10,16H,9H2,1-2H3. The first-order valence-corrected chi connectivity index (χ1v) is 7.73. The Labute approximate surface area is 126 Å². The molecule has 0 fully saturated rings. The van der Waals surface area contributed by atoms with Crippen molar-refractivity contribution in [3.8, 4) is 0 Å². The zero-order valence-corrected chi connectivity index (χ0v) is 13.8. The summed E-state index contributed by atoms with van der Waals surface area (Å²) >= 11 is 7.34. The van der Waals surface area contributed by atoms with Crippen molar-refractivity contribution in [2.45, 2.75) is 25.1 Å². The fourth-order valence-corrected chi connectivity index (χ4v) is 3.24. The Kier molecular flexibility index (Phi) is 4.63. The van der Waals surface area contributed by atoms with Crippen molar-refractivity contribution in [1.82, 2.24) is 0 Å². The Morgan fingerprint density at radius 2 is 1.67 bits per heavy atom. The third kappa shape index (κ3) is 3.46. The molecule has 0 bridgehead atoms. The fraction of sp³-hybridized carbons (Fsp3) is 0.250. The summed E-state index contributed by atoms with van der Waals surface area (Å²) in [5.74, 6) is 0. The van der Waals surface area contributed by atoms with Crippen molar-refractivity contribution < 1.29 is 0 Å². The van der Waals surface area contributed by atoms with Gasteiger partial charge in [0.15, 0.2) is 0 Å². The highest BCUT2D eigenvalue weighted by atomic mass is 79.9. The number of hydrogen-bond acceptors (Lipinski definition) is 0. The minimum Gasteiger partial charge on any atom is -0.0835 e. The molecule has 0 nitrogen and oxygen atoms in total. The minimum atomic E-state index is 0.359. The quantitative estimate of drug-likeness (QED) is 0.606. The molecule has 2 aromatic rings. The Morgan fingerprint density at radius 3 is 2.33 bits per heavy atom. The molecule has 18 heavy (non-hydrogen) atoms. The molecule has 2 aromatic carbocycles. The maximum absolute atomic E-state index is 3.81. The number of benzene rings is 2. The molecule has 1 atom stereocenters. The second kappa shape index (κ2) is 6.03. The summed E-state index contributed by atoms with van der Waals surface area (Å²) in [6, 6.07) is 15.2. The van der Waals surface area contributed by atoms with Crippen molar-refractivity contribution in [2.24, 2.45) is 0 Å². The topological polar surface area (TPSA) is 0 Å². The molecule has 0 aromatic heterocycles. The Hall–Kier alpha value is -0.600. The van der Waals surface area contributed by atoms with Gasteiger partial charge in [-0.15, -0.1) is 0 Å². The molecule has 0 saturated heterocycles. The number of halogens is 2. The number of alkyl halides is 1. The van der Waals surface area contributed by atoms with Crippen molar-refractivity contribution in [2.75, 3.05) is 0 Å². The van der Waals surface area contributed by atoms with Crippen LogP contribution in [0.15, 0.2) is 46.9 Å². The smallest absolute Gasteiger partial charge is 0.0438 e.